The van der Waals surface area contributed by atoms with Gasteiger partial charge in [0.2, 0.25) is 15.9 Å². The van der Waals surface area contributed by atoms with E-state index in [1.165, 1.54) is 0 Å². The maximum Gasteiger partial charge on any atom is 0.229 e. The van der Waals surface area contributed by atoms with Gasteiger partial charge in [-0.05, 0) is 42.5 Å². The third-order valence-corrected chi connectivity index (χ3v) is 6.28. The number of carbonyl (C=O) groups is 1. The zero-order valence-electron chi connectivity index (χ0n) is 16.3. The molecule has 0 aliphatic carbocycles. The maximum atomic E-state index is 12.6. The van der Waals surface area contributed by atoms with E-state index in [1.807, 2.05) is 24.3 Å². The molecule has 0 unspecified atom stereocenters. The highest BCUT2D eigenvalue weighted by molar-refractivity contribution is 7.99. The van der Waals surface area contributed by atoms with E-state index in [-0.39, 0.29) is 12.3 Å². The molecule has 0 saturated carbocycles. The minimum atomic E-state index is -3.38. The normalized spacial score (nSPS) is 12.6. The molecule has 30 heavy (non-hydrogen) atoms. The summed E-state index contributed by atoms with van der Waals surface area (Å²) >= 11 is 1.73. The highest BCUT2D eigenvalue weighted by atomic mass is 32.2. The van der Waals surface area contributed by atoms with Crippen molar-refractivity contribution in [2.75, 3.05) is 27.7 Å². The van der Waals surface area contributed by atoms with Gasteiger partial charge in [0.15, 0.2) is 0 Å². The summed E-state index contributed by atoms with van der Waals surface area (Å²) in [5, 5.41) is 2.85. The first-order valence-electron chi connectivity index (χ1n) is 9.40. The molecule has 1 aliphatic heterocycles. The number of nitrogens with one attached hydrogen (secondary N) is 2. The molecule has 0 bridgehead atoms. The Bertz CT molecular complexity index is 1150. The molecule has 0 radical (unpaired) electrons. The molecule has 1 amide bonds. The fourth-order valence-corrected chi connectivity index (χ4v) is 4.98. The van der Waals surface area contributed by atoms with E-state index in [2.05, 4.69) is 39.2 Å². The van der Waals surface area contributed by atoms with Crippen LogP contribution in [0.25, 0.3) is 0 Å². The molecule has 8 heteroatoms. The second-order valence-electron chi connectivity index (χ2n) is 6.94. The third kappa shape index (κ3) is 4.77. The largest absolute Gasteiger partial charge is 0.339 e. The van der Waals surface area contributed by atoms with Gasteiger partial charge in [0.1, 0.15) is 0 Å². The Hall–Kier alpha value is -2.97. The van der Waals surface area contributed by atoms with E-state index >= 15 is 0 Å². The third-order valence-electron chi connectivity index (χ3n) is 4.54. The zero-order valence-corrected chi connectivity index (χ0v) is 18.0. The summed E-state index contributed by atoms with van der Waals surface area (Å²) in [6.07, 6.45) is 1.38. The van der Waals surface area contributed by atoms with Crippen LogP contribution in [-0.4, -0.2) is 27.1 Å². The Morgan fingerprint density at radius 2 is 1.50 bits per heavy atom. The molecular weight excluding hydrogens is 418 g/mol. The van der Waals surface area contributed by atoms with Crippen LogP contribution in [0, 0.1) is 0 Å². The van der Waals surface area contributed by atoms with Crippen molar-refractivity contribution in [1.29, 1.82) is 0 Å². The van der Waals surface area contributed by atoms with E-state index < -0.39 is 10.0 Å². The van der Waals surface area contributed by atoms with Gasteiger partial charge in [-0.25, -0.2) is 8.42 Å². The van der Waals surface area contributed by atoms with Gasteiger partial charge in [-0.1, -0.05) is 42.1 Å². The van der Waals surface area contributed by atoms with Crippen molar-refractivity contribution >= 4 is 50.4 Å². The molecule has 3 aromatic rings. The number of fused-ring (bicyclic) bond motifs is 2. The highest BCUT2D eigenvalue weighted by Gasteiger charge is 2.23. The fourth-order valence-electron chi connectivity index (χ4n) is 3.33. The van der Waals surface area contributed by atoms with Crippen LogP contribution in [0.1, 0.15) is 6.42 Å². The van der Waals surface area contributed by atoms with Gasteiger partial charge < -0.3 is 10.2 Å². The molecular formula is C22H21N3O3S2. The number of amides is 1. The van der Waals surface area contributed by atoms with Gasteiger partial charge >= 0.3 is 0 Å². The average Bonchev–Trinajstić information content (AvgIpc) is 2.70. The Balaban J connectivity index is 1.47. The van der Waals surface area contributed by atoms with Gasteiger partial charge in [-0.3, -0.25) is 9.52 Å². The van der Waals surface area contributed by atoms with Gasteiger partial charge in [0.05, 0.1) is 23.3 Å². The van der Waals surface area contributed by atoms with E-state index in [1.54, 1.807) is 36.0 Å². The van der Waals surface area contributed by atoms with Crippen molar-refractivity contribution < 1.29 is 13.2 Å². The molecule has 154 valence electrons. The summed E-state index contributed by atoms with van der Waals surface area (Å²) in [5.41, 5.74) is 3.14. The summed E-state index contributed by atoms with van der Waals surface area (Å²) in [7, 11) is -3.38. The zero-order chi connectivity index (χ0) is 21.1. The van der Waals surface area contributed by atoms with Crippen LogP contribution in [0.5, 0.6) is 0 Å². The number of hydrogen-bond donors (Lipinski definition) is 2. The second kappa shape index (κ2) is 8.41. The van der Waals surface area contributed by atoms with Crippen molar-refractivity contribution in [3.8, 4) is 0 Å². The van der Waals surface area contributed by atoms with Crippen LogP contribution in [0.3, 0.4) is 0 Å². The van der Waals surface area contributed by atoms with E-state index in [0.29, 0.717) is 17.9 Å². The first-order chi connectivity index (χ1) is 14.4. The first kappa shape index (κ1) is 20.3. The predicted octanol–water partition coefficient (Wildman–Crippen LogP) is 4.69. The monoisotopic (exact) mass is 439 g/mol. The van der Waals surface area contributed by atoms with Gasteiger partial charge in [0.25, 0.3) is 0 Å². The maximum absolute atomic E-state index is 12.6. The minimum Gasteiger partial charge on any atom is -0.339 e. The number of benzene rings is 3. The smallest absolute Gasteiger partial charge is 0.229 e. The highest BCUT2D eigenvalue weighted by Crippen LogP contribution is 2.47. The van der Waals surface area contributed by atoms with Crippen molar-refractivity contribution in [3.63, 3.8) is 0 Å². The molecule has 1 heterocycles. The predicted molar refractivity (Wildman–Crippen MR) is 122 cm³/mol. The molecule has 6 nitrogen and oxygen atoms in total. The summed E-state index contributed by atoms with van der Waals surface area (Å²) in [6.45, 7) is 0.529. The number of rotatable bonds is 6. The van der Waals surface area contributed by atoms with Crippen LogP contribution in [0.2, 0.25) is 0 Å². The summed E-state index contributed by atoms with van der Waals surface area (Å²) in [6, 6.07) is 23.0. The number of nitrogens with zero attached hydrogens (tertiary/aromatic N) is 1. The van der Waals surface area contributed by atoms with Crippen molar-refractivity contribution in [2.45, 2.75) is 16.2 Å². The number of para-hydroxylation sites is 2. The SMILES string of the molecule is CS(=O)(=O)Nc1cccc(NC(=O)CCN2c3ccccc3Sc3ccccc32)c1. The minimum absolute atomic E-state index is 0.139. The van der Waals surface area contributed by atoms with E-state index in [9.17, 15) is 13.2 Å². The number of hydrogen-bond acceptors (Lipinski definition) is 5. The first-order valence-corrected chi connectivity index (χ1v) is 12.1. The van der Waals surface area contributed by atoms with Gasteiger partial charge in [-0.15, -0.1) is 0 Å². The quantitative estimate of drug-likeness (QED) is 0.583. The lowest BCUT2D eigenvalue weighted by Gasteiger charge is -2.32. The Morgan fingerprint density at radius 3 is 2.13 bits per heavy atom. The van der Waals surface area contributed by atoms with Crippen LogP contribution >= 0.6 is 11.8 Å². The van der Waals surface area contributed by atoms with Crippen LogP contribution < -0.4 is 14.9 Å². The molecule has 2 N–H and O–H groups in total. The fraction of sp³-hybridized carbons (Fsp3) is 0.136. The van der Waals surface area contributed by atoms with Crippen molar-refractivity contribution in [2.24, 2.45) is 0 Å². The molecule has 0 spiro atoms. The Morgan fingerprint density at radius 1 is 0.900 bits per heavy atom. The average molecular weight is 440 g/mol. The molecule has 0 saturated heterocycles. The standard InChI is InChI=1S/C22H21N3O3S2/c1-30(27,28)24-17-8-6-7-16(15-17)23-22(26)13-14-25-18-9-2-4-11-20(18)29-21-12-5-3-10-19(21)25/h2-12,15,24H,13-14H2,1H3,(H,23,26). The van der Waals surface area contributed by atoms with Gasteiger partial charge in [0, 0.05) is 28.4 Å². The summed E-state index contributed by atoms with van der Waals surface area (Å²) in [4.78, 5) is 17.1. The summed E-state index contributed by atoms with van der Waals surface area (Å²) < 4.78 is 25.2. The summed E-state index contributed by atoms with van der Waals surface area (Å²) in [5.74, 6) is -0.139. The van der Waals surface area contributed by atoms with Crippen molar-refractivity contribution in [1.82, 2.24) is 0 Å². The second-order valence-corrected chi connectivity index (χ2v) is 9.77. The Kier molecular flexibility index (Phi) is 5.69. The lowest BCUT2D eigenvalue weighted by Crippen LogP contribution is -2.25. The molecule has 0 atom stereocenters. The lowest BCUT2D eigenvalue weighted by molar-refractivity contribution is -0.116. The van der Waals surface area contributed by atoms with Crippen LogP contribution in [0.15, 0.2) is 82.6 Å². The van der Waals surface area contributed by atoms with E-state index in [0.717, 1.165) is 27.4 Å². The molecule has 1 aliphatic rings. The number of anilines is 4. The van der Waals surface area contributed by atoms with Gasteiger partial charge in [-0.2, -0.15) is 0 Å². The molecule has 3 aromatic carbocycles. The topological polar surface area (TPSA) is 78.5 Å². The van der Waals surface area contributed by atoms with Crippen molar-refractivity contribution in [3.05, 3.63) is 72.8 Å². The van der Waals surface area contributed by atoms with Crippen LogP contribution in [0.4, 0.5) is 22.7 Å². The van der Waals surface area contributed by atoms with Crippen LogP contribution in [-0.2, 0) is 14.8 Å². The lowest BCUT2D eigenvalue weighted by atomic mass is 10.2. The molecule has 0 aromatic heterocycles. The Labute approximate surface area is 180 Å². The molecule has 4 rings (SSSR count). The molecule has 0 fully saturated rings. The van der Waals surface area contributed by atoms with E-state index in [4.69, 9.17) is 0 Å². The number of carbonyl (C=O) groups excluding carboxylic acids is 1. The number of sulfonamides is 1.